The van der Waals surface area contributed by atoms with Gasteiger partial charge in [0.05, 0.1) is 0 Å². The van der Waals surface area contributed by atoms with Gasteiger partial charge in [0.1, 0.15) is 11.6 Å². The first kappa shape index (κ1) is 15.2. The van der Waals surface area contributed by atoms with Crippen LogP contribution < -0.4 is 4.90 Å². The van der Waals surface area contributed by atoms with Gasteiger partial charge in [-0.05, 0) is 46.2 Å². The molecular weight excluding hydrogens is 248 g/mol. The van der Waals surface area contributed by atoms with Crippen molar-refractivity contribution >= 4 is 5.82 Å². The molecule has 0 spiro atoms. The molecule has 1 aromatic rings. The van der Waals surface area contributed by atoms with Gasteiger partial charge in [-0.25, -0.2) is 9.97 Å². The maximum Gasteiger partial charge on any atom is 0.132 e. The Bertz CT molecular complexity index is 432. The highest BCUT2D eigenvalue weighted by atomic mass is 15.2. The SMILES string of the molecule is CCc1cc(N(C)CCC2CCCCN2C)nc(C)n1. The molecule has 1 fully saturated rings. The fourth-order valence-corrected chi connectivity index (χ4v) is 2.95. The molecular formula is C16H28N4. The van der Waals surface area contributed by atoms with Gasteiger partial charge in [0.2, 0.25) is 0 Å². The van der Waals surface area contributed by atoms with Crippen LogP contribution in [0, 0.1) is 6.92 Å². The second-order valence-electron chi connectivity index (χ2n) is 5.96. The van der Waals surface area contributed by atoms with Crippen molar-refractivity contribution in [2.45, 2.75) is 52.0 Å². The molecule has 0 aliphatic carbocycles. The van der Waals surface area contributed by atoms with E-state index in [1.54, 1.807) is 0 Å². The fourth-order valence-electron chi connectivity index (χ4n) is 2.95. The van der Waals surface area contributed by atoms with Crippen LogP contribution in [0.15, 0.2) is 6.07 Å². The molecule has 4 heteroatoms. The summed E-state index contributed by atoms with van der Waals surface area (Å²) in [4.78, 5) is 13.8. The number of nitrogens with zero attached hydrogens (tertiary/aromatic N) is 4. The topological polar surface area (TPSA) is 32.3 Å². The van der Waals surface area contributed by atoms with E-state index < -0.39 is 0 Å². The monoisotopic (exact) mass is 276 g/mol. The van der Waals surface area contributed by atoms with Gasteiger partial charge in [-0.1, -0.05) is 13.3 Å². The molecule has 0 amide bonds. The summed E-state index contributed by atoms with van der Waals surface area (Å²) in [5.74, 6) is 1.94. The minimum Gasteiger partial charge on any atom is -0.360 e. The molecule has 2 heterocycles. The minimum absolute atomic E-state index is 0.736. The maximum absolute atomic E-state index is 4.57. The number of likely N-dealkylation sites (tertiary alicyclic amines) is 1. The van der Waals surface area contributed by atoms with E-state index in [9.17, 15) is 0 Å². The Morgan fingerprint density at radius 1 is 1.35 bits per heavy atom. The molecule has 1 aliphatic rings. The van der Waals surface area contributed by atoms with Crippen LogP contribution in [0.1, 0.15) is 44.1 Å². The number of rotatable bonds is 5. The van der Waals surface area contributed by atoms with Crippen molar-refractivity contribution in [3.8, 4) is 0 Å². The Morgan fingerprint density at radius 2 is 2.15 bits per heavy atom. The van der Waals surface area contributed by atoms with Crippen molar-refractivity contribution in [3.05, 3.63) is 17.6 Å². The predicted molar refractivity (Wildman–Crippen MR) is 84.3 cm³/mol. The average Bonchev–Trinajstić information content (AvgIpc) is 2.45. The zero-order valence-corrected chi connectivity index (χ0v) is 13.4. The summed E-state index contributed by atoms with van der Waals surface area (Å²) in [7, 11) is 4.40. The second kappa shape index (κ2) is 7.02. The highest BCUT2D eigenvalue weighted by Gasteiger charge is 2.19. The molecule has 4 nitrogen and oxygen atoms in total. The van der Waals surface area contributed by atoms with Gasteiger partial charge in [-0.2, -0.15) is 0 Å². The lowest BCUT2D eigenvalue weighted by Gasteiger charge is -2.33. The van der Waals surface area contributed by atoms with Crippen LogP contribution >= 0.6 is 0 Å². The lowest BCUT2D eigenvalue weighted by Crippen LogP contribution is -2.38. The van der Waals surface area contributed by atoms with Crippen molar-refractivity contribution < 1.29 is 0 Å². The van der Waals surface area contributed by atoms with Gasteiger partial charge >= 0.3 is 0 Å². The number of aromatic nitrogens is 2. The van der Waals surface area contributed by atoms with Crippen LogP contribution in [0.4, 0.5) is 5.82 Å². The van der Waals surface area contributed by atoms with Gasteiger partial charge in [-0.3, -0.25) is 0 Å². The van der Waals surface area contributed by atoms with E-state index in [0.717, 1.165) is 36.3 Å². The summed E-state index contributed by atoms with van der Waals surface area (Å²) in [5.41, 5.74) is 1.13. The number of hydrogen-bond donors (Lipinski definition) is 0. The molecule has 20 heavy (non-hydrogen) atoms. The fraction of sp³-hybridized carbons (Fsp3) is 0.750. The molecule has 0 N–H and O–H groups in total. The third kappa shape index (κ3) is 3.92. The highest BCUT2D eigenvalue weighted by molar-refractivity contribution is 5.38. The largest absolute Gasteiger partial charge is 0.360 e. The third-order valence-corrected chi connectivity index (χ3v) is 4.35. The Kier molecular flexibility index (Phi) is 5.35. The van der Waals surface area contributed by atoms with E-state index in [1.807, 2.05) is 6.92 Å². The number of hydrogen-bond acceptors (Lipinski definition) is 4. The zero-order valence-electron chi connectivity index (χ0n) is 13.4. The van der Waals surface area contributed by atoms with E-state index in [0.29, 0.717) is 0 Å². The average molecular weight is 276 g/mol. The molecule has 0 saturated carbocycles. The summed E-state index contributed by atoms with van der Waals surface area (Å²) in [6.45, 7) is 6.43. The summed E-state index contributed by atoms with van der Waals surface area (Å²) < 4.78 is 0. The van der Waals surface area contributed by atoms with E-state index in [-0.39, 0.29) is 0 Å². The number of anilines is 1. The van der Waals surface area contributed by atoms with Gasteiger partial charge in [0.15, 0.2) is 0 Å². The lowest BCUT2D eigenvalue weighted by molar-refractivity contribution is 0.178. The highest BCUT2D eigenvalue weighted by Crippen LogP contribution is 2.19. The van der Waals surface area contributed by atoms with Crippen molar-refractivity contribution in [3.63, 3.8) is 0 Å². The first-order chi connectivity index (χ1) is 9.60. The second-order valence-corrected chi connectivity index (χ2v) is 5.96. The van der Waals surface area contributed by atoms with Gasteiger partial charge < -0.3 is 9.80 Å². The summed E-state index contributed by atoms with van der Waals surface area (Å²) in [6.07, 6.45) is 6.26. The van der Waals surface area contributed by atoms with E-state index >= 15 is 0 Å². The summed E-state index contributed by atoms with van der Waals surface area (Å²) in [5, 5.41) is 0. The molecule has 1 aliphatic heterocycles. The Balaban J connectivity index is 1.94. The molecule has 0 aromatic carbocycles. The van der Waals surface area contributed by atoms with Crippen molar-refractivity contribution in [2.75, 3.05) is 32.1 Å². The molecule has 1 saturated heterocycles. The maximum atomic E-state index is 4.57. The summed E-state index contributed by atoms with van der Waals surface area (Å²) in [6, 6.07) is 2.86. The first-order valence-corrected chi connectivity index (χ1v) is 7.86. The third-order valence-electron chi connectivity index (χ3n) is 4.35. The van der Waals surface area contributed by atoms with Crippen molar-refractivity contribution in [1.82, 2.24) is 14.9 Å². The first-order valence-electron chi connectivity index (χ1n) is 7.86. The molecule has 0 bridgehead atoms. The van der Waals surface area contributed by atoms with Crippen LogP contribution in [0.2, 0.25) is 0 Å². The summed E-state index contributed by atoms with van der Waals surface area (Å²) >= 11 is 0. The van der Waals surface area contributed by atoms with E-state index in [1.165, 1.54) is 32.2 Å². The van der Waals surface area contributed by atoms with Crippen LogP contribution in [0.3, 0.4) is 0 Å². The van der Waals surface area contributed by atoms with Gasteiger partial charge in [0.25, 0.3) is 0 Å². The minimum atomic E-state index is 0.736. The molecule has 1 aromatic heterocycles. The van der Waals surface area contributed by atoms with E-state index in [4.69, 9.17) is 0 Å². The van der Waals surface area contributed by atoms with Crippen molar-refractivity contribution in [2.24, 2.45) is 0 Å². The van der Waals surface area contributed by atoms with Crippen LogP contribution in [-0.2, 0) is 6.42 Å². The van der Waals surface area contributed by atoms with E-state index in [2.05, 4.69) is 46.9 Å². The molecule has 2 rings (SSSR count). The van der Waals surface area contributed by atoms with Crippen LogP contribution in [0.5, 0.6) is 0 Å². The predicted octanol–water partition coefficient (Wildman–Crippen LogP) is 2.66. The van der Waals surface area contributed by atoms with Gasteiger partial charge in [0, 0.05) is 31.4 Å². The Labute approximate surface area is 123 Å². The molecule has 112 valence electrons. The van der Waals surface area contributed by atoms with Gasteiger partial charge in [-0.15, -0.1) is 0 Å². The lowest BCUT2D eigenvalue weighted by atomic mass is 10.00. The van der Waals surface area contributed by atoms with Crippen molar-refractivity contribution in [1.29, 1.82) is 0 Å². The Morgan fingerprint density at radius 3 is 2.85 bits per heavy atom. The van der Waals surface area contributed by atoms with Crippen LogP contribution in [-0.4, -0.2) is 48.1 Å². The molecule has 0 radical (unpaired) electrons. The normalized spacial score (nSPS) is 20.1. The Hall–Kier alpha value is -1.16. The van der Waals surface area contributed by atoms with Crippen LogP contribution in [0.25, 0.3) is 0 Å². The quantitative estimate of drug-likeness (QED) is 0.827. The standard InChI is InChI=1S/C16H28N4/c1-5-14-12-16(18-13(2)17-14)20(4)11-9-15-8-6-7-10-19(15)3/h12,15H,5-11H2,1-4H3. The zero-order chi connectivity index (χ0) is 14.5. The number of aryl methyl sites for hydroxylation is 2. The smallest absolute Gasteiger partial charge is 0.132 e. The molecule has 1 atom stereocenters. The molecule has 1 unspecified atom stereocenters. The number of piperidine rings is 1.